The van der Waals surface area contributed by atoms with E-state index in [4.69, 9.17) is 5.11 Å². The summed E-state index contributed by atoms with van der Waals surface area (Å²) in [5, 5.41) is 8.71. The molecule has 1 aliphatic carbocycles. The summed E-state index contributed by atoms with van der Waals surface area (Å²) in [5.41, 5.74) is 2.04. The number of amides is 2. The van der Waals surface area contributed by atoms with Gasteiger partial charge < -0.3 is 5.11 Å². The van der Waals surface area contributed by atoms with Gasteiger partial charge in [-0.1, -0.05) is 25.7 Å². The third-order valence-electron chi connectivity index (χ3n) is 4.55. The summed E-state index contributed by atoms with van der Waals surface area (Å²) in [4.78, 5) is 26.2. The van der Waals surface area contributed by atoms with Crippen molar-refractivity contribution in [1.29, 1.82) is 0 Å². The Morgan fingerprint density at radius 1 is 1.24 bits per heavy atom. The van der Waals surface area contributed by atoms with Crippen molar-refractivity contribution in [2.45, 2.75) is 20.8 Å². The molecule has 1 saturated heterocycles. The van der Waals surface area contributed by atoms with Gasteiger partial charge >= 0.3 is 0 Å². The van der Waals surface area contributed by atoms with Gasteiger partial charge in [0.25, 0.3) is 0 Å². The number of carbonyl (C=O) groups excluding carboxylic acids is 2. The molecule has 4 nitrogen and oxygen atoms in total. The average molecular weight is 283 g/mol. The highest BCUT2D eigenvalue weighted by Gasteiger charge is 2.72. The van der Waals surface area contributed by atoms with Crippen LogP contribution in [-0.2, 0) is 9.59 Å². The normalized spacial score (nSPS) is 25.4. The average Bonchev–Trinajstić information content (AvgIpc) is 2.89. The van der Waals surface area contributed by atoms with E-state index in [1.54, 1.807) is 12.1 Å². The van der Waals surface area contributed by atoms with E-state index in [-0.39, 0.29) is 35.7 Å². The molecule has 2 fully saturated rings. The Morgan fingerprint density at radius 2 is 1.86 bits per heavy atom. The lowest BCUT2D eigenvalue weighted by molar-refractivity contribution is -0.125. The maximum atomic E-state index is 12.4. The van der Waals surface area contributed by atoms with Crippen LogP contribution in [0.2, 0.25) is 0 Å². The standard InChI is InChI=1S/C17H17NO3/c1-10-9-11(5-4-8-19)6-7-12(10)18-15(20)13-14(16(18)21)17(13,2)3/h6-7,9,13-14,19H,8H2,1-3H3. The Balaban J connectivity index is 1.93. The van der Waals surface area contributed by atoms with Crippen molar-refractivity contribution in [1.82, 2.24) is 0 Å². The fraction of sp³-hybridized carbons (Fsp3) is 0.412. The zero-order valence-corrected chi connectivity index (χ0v) is 12.3. The topological polar surface area (TPSA) is 57.6 Å². The summed E-state index contributed by atoms with van der Waals surface area (Å²) in [5.74, 6) is 4.88. The Hall–Kier alpha value is -2.12. The first kappa shape index (κ1) is 13.8. The molecule has 21 heavy (non-hydrogen) atoms. The summed E-state index contributed by atoms with van der Waals surface area (Å²) < 4.78 is 0. The highest BCUT2D eigenvalue weighted by molar-refractivity contribution is 6.26. The van der Waals surface area contributed by atoms with E-state index in [1.807, 2.05) is 26.8 Å². The zero-order valence-electron chi connectivity index (χ0n) is 12.3. The van der Waals surface area contributed by atoms with Crippen LogP contribution in [0.25, 0.3) is 0 Å². The quantitative estimate of drug-likeness (QED) is 0.627. The minimum Gasteiger partial charge on any atom is -0.384 e. The van der Waals surface area contributed by atoms with Gasteiger partial charge in [0.2, 0.25) is 11.8 Å². The first-order valence-electron chi connectivity index (χ1n) is 6.97. The van der Waals surface area contributed by atoms with Crippen LogP contribution in [0.4, 0.5) is 5.69 Å². The number of anilines is 1. The molecule has 1 aromatic rings. The predicted molar refractivity (Wildman–Crippen MR) is 78.4 cm³/mol. The van der Waals surface area contributed by atoms with Crippen molar-refractivity contribution in [2.24, 2.45) is 17.3 Å². The molecule has 2 atom stereocenters. The van der Waals surface area contributed by atoms with E-state index in [2.05, 4.69) is 11.8 Å². The molecular formula is C17H17NO3. The third-order valence-corrected chi connectivity index (χ3v) is 4.55. The van der Waals surface area contributed by atoms with Crippen LogP contribution in [0, 0.1) is 36.0 Å². The lowest BCUT2D eigenvalue weighted by Gasteiger charge is -2.22. The number of carbonyl (C=O) groups is 2. The van der Waals surface area contributed by atoms with Crippen molar-refractivity contribution in [3.8, 4) is 11.8 Å². The molecule has 108 valence electrons. The first-order chi connectivity index (χ1) is 9.89. The van der Waals surface area contributed by atoms with Crippen LogP contribution in [0.5, 0.6) is 0 Å². The molecule has 3 rings (SSSR count). The Labute approximate surface area is 123 Å². The smallest absolute Gasteiger partial charge is 0.238 e. The maximum absolute atomic E-state index is 12.4. The predicted octanol–water partition coefficient (Wildman–Crippen LogP) is 1.48. The number of aryl methyl sites for hydroxylation is 1. The van der Waals surface area contributed by atoms with Gasteiger partial charge in [0.05, 0.1) is 17.5 Å². The van der Waals surface area contributed by atoms with Gasteiger partial charge in [-0.25, -0.2) is 4.90 Å². The Morgan fingerprint density at radius 3 is 2.38 bits per heavy atom. The van der Waals surface area contributed by atoms with E-state index >= 15 is 0 Å². The number of nitrogens with zero attached hydrogens (tertiary/aromatic N) is 1. The van der Waals surface area contributed by atoms with E-state index in [1.165, 1.54) is 4.90 Å². The molecule has 2 aliphatic rings. The highest BCUT2D eigenvalue weighted by Crippen LogP contribution is 2.63. The molecule has 4 heteroatoms. The summed E-state index contributed by atoms with van der Waals surface area (Å²) in [6.07, 6.45) is 0. The molecular weight excluding hydrogens is 266 g/mol. The lowest BCUT2D eigenvalue weighted by Crippen LogP contribution is -2.36. The molecule has 0 radical (unpaired) electrons. The van der Waals surface area contributed by atoms with Crippen molar-refractivity contribution in [2.75, 3.05) is 11.5 Å². The second-order valence-corrected chi connectivity index (χ2v) is 6.25. The number of hydrogen-bond acceptors (Lipinski definition) is 3. The van der Waals surface area contributed by atoms with Crippen LogP contribution < -0.4 is 4.90 Å². The number of benzene rings is 1. The zero-order chi connectivity index (χ0) is 15.4. The van der Waals surface area contributed by atoms with E-state index in [9.17, 15) is 9.59 Å². The van der Waals surface area contributed by atoms with Gasteiger partial charge in [-0.05, 0) is 36.1 Å². The molecule has 1 heterocycles. The van der Waals surface area contributed by atoms with Crippen molar-refractivity contribution < 1.29 is 14.7 Å². The number of hydrogen-bond donors (Lipinski definition) is 1. The summed E-state index contributed by atoms with van der Waals surface area (Å²) >= 11 is 0. The second kappa shape index (κ2) is 4.44. The Bertz CT molecular complexity index is 684. The van der Waals surface area contributed by atoms with Crippen LogP contribution in [0.3, 0.4) is 0 Å². The summed E-state index contributed by atoms with van der Waals surface area (Å²) in [6, 6.07) is 5.35. The van der Waals surface area contributed by atoms with Crippen LogP contribution >= 0.6 is 0 Å². The van der Waals surface area contributed by atoms with Gasteiger partial charge in [0.15, 0.2) is 0 Å². The molecule has 0 bridgehead atoms. The van der Waals surface area contributed by atoms with Gasteiger partial charge in [-0.3, -0.25) is 9.59 Å². The summed E-state index contributed by atoms with van der Waals surface area (Å²) in [6.45, 7) is 5.60. The molecule has 1 saturated carbocycles. The number of aliphatic hydroxyl groups is 1. The molecule has 1 N–H and O–H groups in total. The van der Waals surface area contributed by atoms with Crippen molar-refractivity contribution in [3.63, 3.8) is 0 Å². The molecule has 2 amide bonds. The minimum absolute atomic E-state index is 0.0905. The lowest BCUT2D eigenvalue weighted by atomic mass is 10.0. The van der Waals surface area contributed by atoms with E-state index < -0.39 is 0 Å². The maximum Gasteiger partial charge on any atom is 0.238 e. The van der Waals surface area contributed by atoms with Crippen molar-refractivity contribution in [3.05, 3.63) is 29.3 Å². The SMILES string of the molecule is Cc1cc(C#CCO)ccc1N1C(=O)C2C(C1=O)C2(C)C. The molecule has 1 aliphatic heterocycles. The largest absolute Gasteiger partial charge is 0.384 e. The van der Waals surface area contributed by atoms with Crippen LogP contribution in [0.15, 0.2) is 18.2 Å². The molecule has 0 spiro atoms. The number of piperidine rings is 1. The van der Waals surface area contributed by atoms with Gasteiger partial charge in [-0.15, -0.1) is 0 Å². The number of fused-ring (bicyclic) bond motifs is 1. The fourth-order valence-electron chi connectivity index (χ4n) is 3.31. The van der Waals surface area contributed by atoms with Gasteiger partial charge in [-0.2, -0.15) is 0 Å². The number of imide groups is 1. The number of rotatable bonds is 1. The molecule has 1 aromatic carbocycles. The second-order valence-electron chi connectivity index (χ2n) is 6.25. The fourth-order valence-corrected chi connectivity index (χ4v) is 3.31. The van der Waals surface area contributed by atoms with Crippen molar-refractivity contribution >= 4 is 17.5 Å². The van der Waals surface area contributed by atoms with Crippen LogP contribution in [0.1, 0.15) is 25.0 Å². The highest BCUT2D eigenvalue weighted by atomic mass is 16.2. The minimum atomic E-state index is -0.192. The van der Waals surface area contributed by atoms with Crippen LogP contribution in [-0.4, -0.2) is 23.5 Å². The van der Waals surface area contributed by atoms with E-state index in [0.29, 0.717) is 5.69 Å². The number of aliphatic hydroxyl groups excluding tert-OH is 1. The first-order valence-corrected chi connectivity index (χ1v) is 6.97. The summed E-state index contributed by atoms with van der Waals surface area (Å²) in [7, 11) is 0. The van der Waals surface area contributed by atoms with E-state index in [0.717, 1.165) is 11.1 Å². The molecule has 0 aromatic heterocycles. The third kappa shape index (κ3) is 1.89. The Kier molecular flexibility index (Phi) is 2.93. The van der Waals surface area contributed by atoms with Gasteiger partial charge in [0, 0.05) is 5.56 Å². The monoisotopic (exact) mass is 283 g/mol. The molecule has 2 unspecified atom stereocenters. The van der Waals surface area contributed by atoms with Gasteiger partial charge in [0.1, 0.15) is 6.61 Å².